The first-order chi connectivity index (χ1) is 8.00. The molecule has 0 amide bonds. The van der Waals surface area contributed by atoms with Gasteiger partial charge in [0.1, 0.15) is 0 Å². The van der Waals surface area contributed by atoms with E-state index in [2.05, 4.69) is 45.0 Å². The van der Waals surface area contributed by atoms with E-state index in [-0.39, 0.29) is 0 Å². The molecule has 1 saturated carbocycles. The van der Waals surface area contributed by atoms with Crippen LogP contribution in [0.3, 0.4) is 0 Å². The zero-order valence-electron chi connectivity index (χ0n) is 11.1. The van der Waals surface area contributed by atoms with Crippen molar-refractivity contribution in [3.05, 3.63) is 29.8 Å². The topological polar surface area (TPSA) is 26.0 Å². The second-order valence-electron chi connectivity index (χ2n) is 5.83. The standard InChI is InChI=1S/C15H23NS/c1-11-7-4-5-8-12(11)17-13-9-6-10-15(2,3)14(13)16/h4-5,7-8,13-14H,6,9-10,16H2,1-3H3. The monoisotopic (exact) mass is 249 g/mol. The Kier molecular flexibility index (Phi) is 3.84. The fourth-order valence-corrected chi connectivity index (χ4v) is 4.13. The Morgan fingerprint density at radius 2 is 2.00 bits per heavy atom. The predicted octanol–water partition coefficient (Wildman–Crippen LogP) is 3.99. The third kappa shape index (κ3) is 2.86. The Morgan fingerprint density at radius 3 is 2.71 bits per heavy atom. The van der Waals surface area contributed by atoms with Crippen LogP contribution in [0, 0.1) is 12.3 Å². The SMILES string of the molecule is Cc1ccccc1SC1CCCC(C)(C)C1N. The van der Waals surface area contributed by atoms with Crippen molar-refractivity contribution in [3.63, 3.8) is 0 Å². The molecule has 2 N–H and O–H groups in total. The van der Waals surface area contributed by atoms with E-state index < -0.39 is 0 Å². The van der Waals surface area contributed by atoms with Crippen molar-refractivity contribution in [2.45, 2.75) is 56.2 Å². The number of hydrogen-bond acceptors (Lipinski definition) is 2. The lowest BCUT2D eigenvalue weighted by Gasteiger charge is -2.41. The van der Waals surface area contributed by atoms with Crippen molar-refractivity contribution in [1.82, 2.24) is 0 Å². The number of hydrogen-bond donors (Lipinski definition) is 1. The van der Waals surface area contributed by atoms with Crippen molar-refractivity contribution in [2.75, 3.05) is 0 Å². The van der Waals surface area contributed by atoms with Gasteiger partial charge in [0.15, 0.2) is 0 Å². The molecule has 0 heterocycles. The number of benzene rings is 1. The van der Waals surface area contributed by atoms with Gasteiger partial charge in [-0.05, 0) is 36.8 Å². The maximum atomic E-state index is 6.43. The Morgan fingerprint density at radius 1 is 1.29 bits per heavy atom. The molecule has 17 heavy (non-hydrogen) atoms. The molecule has 1 aliphatic rings. The van der Waals surface area contributed by atoms with Crippen LogP contribution < -0.4 is 5.73 Å². The van der Waals surface area contributed by atoms with Crippen molar-refractivity contribution < 1.29 is 0 Å². The molecule has 0 radical (unpaired) electrons. The fraction of sp³-hybridized carbons (Fsp3) is 0.600. The van der Waals surface area contributed by atoms with Crippen LogP contribution in [-0.2, 0) is 0 Å². The Balaban J connectivity index is 2.11. The summed E-state index contributed by atoms with van der Waals surface area (Å²) in [5.74, 6) is 0. The second kappa shape index (κ2) is 5.03. The highest BCUT2D eigenvalue weighted by Gasteiger charge is 2.36. The van der Waals surface area contributed by atoms with Gasteiger partial charge < -0.3 is 5.73 Å². The highest BCUT2D eigenvalue weighted by Crippen LogP contribution is 2.42. The highest BCUT2D eigenvalue weighted by atomic mass is 32.2. The van der Waals surface area contributed by atoms with Gasteiger partial charge in [-0.25, -0.2) is 0 Å². The van der Waals surface area contributed by atoms with Gasteiger partial charge in [0.25, 0.3) is 0 Å². The zero-order valence-corrected chi connectivity index (χ0v) is 11.9. The van der Waals surface area contributed by atoms with Crippen LogP contribution in [-0.4, -0.2) is 11.3 Å². The number of aryl methyl sites for hydroxylation is 1. The van der Waals surface area contributed by atoms with E-state index in [1.165, 1.54) is 29.7 Å². The summed E-state index contributed by atoms with van der Waals surface area (Å²) in [5, 5.41) is 0.569. The first-order valence-electron chi connectivity index (χ1n) is 6.48. The van der Waals surface area contributed by atoms with E-state index >= 15 is 0 Å². The third-order valence-corrected chi connectivity index (χ3v) is 5.53. The average molecular weight is 249 g/mol. The average Bonchev–Trinajstić information content (AvgIpc) is 2.28. The van der Waals surface area contributed by atoms with Crippen molar-refractivity contribution in [3.8, 4) is 0 Å². The maximum Gasteiger partial charge on any atom is 0.0251 e. The normalized spacial score (nSPS) is 28.0. The lowest BCUT2D eigenvalue weighted by atomic mass is 9.73. The highest BCUT2D eigenvalue weighted by molar-refractivity contribution is 8.00. The molecule has 2 atom stereocenters. The first kappa shape index (κ1) is 13.0. The summed E-state index contributed by atoms with van der Waals surface area (Å²) in [6.45, 7) is 6.80. The van der Waals surface area contributed by atoms with E-state index in [0.29, 0.717) is 16.7 Å². The third-order valence-electron chi connectivity index (χ3n) is 3.98. The van der Waals surface area contributed by atoms with E-state index in [4.69, 9.17) is 5.73 Å². The van der Waals surface area contributed by atoms with Gasteiger partial charge in [0, 0.05) is 16.2 Å². The molecule has 0 bridgehead atoms. The summed E-state index contributed by atoms with van der Waals surface area (Å²) < 4.78 is 0. The molecule has 2 rings (SSSR count). The molecular formula is C15H23NS. The lowest BCUT2D eigenvalue weighted by molar-refractivity contribution is 0.208. The molecule has 0 spiro atoms. The molecule has 1 aliphatic carbocycles. The van der Waals surface area contributed by atoms with Crippen molar-refractivity contribution in [1.29, 1.82) is 0 Å². The summed E-state index contributed by atoms with van der Waals surface area (Å²) in [4.78, 5) is 1.39. The molecule has 0 saturated heterocycles. The van der Waals surface area contributed by atoms with E-state index in [1.54, 1.807) is 0 Å². The molecule has 1 aromatic carbocycles. The second-order valence-corrected chi connectivity index (χ2v) is 7.11. The van der Waals surface area contributed by atoms with E-state index in [9.17, 15) is 0 Å². The number of nitrogens with two attached hydrogens (primary N) is 1. The van der Waals surface area contributed by atoms with Crippen LogP contribution in [0.15, 0.2) is 29.2 Å². The van der Waals surface area contributed by atoms with Gasteiger partial charge in [-0.15, -0.1) is 11.8 Å². The largest absolute Gasteiger partial charge is 0.326 e. The molecule has 2 unspecified atom stereocenters. The van der Waals surface area contributed by atoms with E-state index in [1.807, 2.05) is 11.8 Å². The lowest BCUT2D eigenvalue weighted by Crippen LogP contribution is -2.48. The van der Waals surface area contributed by atoms with Crippen LogP contribution in [0.1, 0.15) is 38.7 Å². The first-order valence-corrected chi connectivity index (χ1v) is 7.36. The Bertz CT molecular complexity index is 386. The van der Waals surface area contributed by atoms with Crippen LogP contribution in [0.25, 0.3) is 0 Å². The van der Waals surface area contributed by atoms with Crippen LogP contribution in [0.2, 0.25) is 0 Å². The quantitative estimate of drug-likeness (QED) is 0.857. The van der Waals surface area contributed by atoms with E-state index in [0.717, 1.165) is 0 Å². The molecule has 94 valence electrons. The zero-order chi connectivity index (χ0) is 12.5. The number of rotatable bonds is 2. The molecule has 1 aromatic rings. The molecule has 0 aromatic heterocycles. The minimum atomic E-state index is 0.290. The molecule has 1 fully saturated rings. The van der Waals surface area contributed by atoms with Gasteiger partial charge >= 0.3 is 0 Å². The summed E-state index contributed by atoms with van der Waals surface area (Å²) in [6, 6.07) is 8.93. The smallest absolute Gasteiger partial charge is 0.0251 e. The van der Waals surface area contributed by atoms with Crippen LogP contribution >= 0.6 is 11.8 Å². The fourth-order valence-electron chi connectivity index (χ4n) is 2.59. The van der Waals surface area contributed by atoms with Crippen molar-refractivity contribution >= 4 is 11.8 Å². The minimum absolute atomic E-state index is 0.290. The molecule has 0 aliphatic heterocycles. The summed E-state index contributed by atoms with van der Waals surface area (Å²) in [5.41, 5.74) is 8.09. The molecule has 2 heteroatoms. The molecule has 1 nitrogen and oxygen atoms in total. The molecular weight excluding hydrogens is 226 g/mol. The van der Waals surface area contributed by atoms with Gasteiger partial charge in [-0.3, -0.25) is 0 Å². The van der Waals surface area contributed by atoms with Crippen LogP contribution in [0.5, 0.6) is 0 Å². The predicted molar refractivity (Wildman–Crippen MR) is 76.4 cm³/mol. The van der Waals surface area contributed by atoms with Gasteiger partial charge in [-0.2, -0.15) is 0 Å². The summed E-state index contributed by atoms with van der Waals surface area (Å²) >= 11 is 1.98. The van der Waals surface area contributed by atoms with Gasteiger partial charge in [-0.1, -0.05) is 38.5 Å². The van der Waals surface area contributed by atoms with Crippen LogP contribution in [0.4, 0.5) is 0 Å². The summed E-state index contributed by atoms with van der Waals surface area (Å²) in [6.07, 6.45) is 3.83. The van der Waals surface area contributed by atoms with Gasteiger partial charge in [0.2, 0.25) is 0 Å². The van der Waals surface area contributed by atoms with Gasteiger partial charge in [0.05, 0.1) is 0 Å². The van der Waals surface area contributed by atoms with Crippen molar-refractivity contribution in [2.24, 2.45) is 11.1 Å². The minimum Gasteiger partial charge on any atom is -0.326 e. The number of thioether (sulfide) groups is 1. The Labute approximate surface area is 109 Å². The summed E-state index contributed by atoms with van der Waals surface area (Å²) in [7, 11) is 0. The maximum absolute atomic E-state index is 6.43. The Hall–Kier alpha value is -0.470.